The van der Waals surface area contributed by atoms with E-state index in [-0.39, 0.29) is 23.6 Å². The highest BCUT2D eigenvalue weighted by Gasteiger charge is 2.46. The second-order valence-electron chi connectivity index (χ2n) is 6.02. The van der Waals surface area contributed by atoms with Crippen molar-refractivity contribution in [1.82, 2.24) is 10.6 Å². The number of halogens is 2. The van der Waals surface area contributed by atoms with Gasteiger partial charge in [-0.2, -0.15) is 0 Å². The summed E-state index contributed by atoms with van der Waals surface area (Å²) in [7, 11) is 0. The summed E-state index contributed by atoms with van der Waals surface area (Å²) in [5.41, 5.74) is 0.501. The molecule has 3 nitrogen and oxygen atoms in total. The monoisotopic (exact) mass is 310 g/mol. The lowest BCUT2D eigenvalue weighted by molar-refractivity contribution is -0.122. The molecule has 0 bridgehead atoms. The van der Waals surface area contributed by atoms with Crippen molar-refractivity contribution >= 4 is 17.5 Å². The Morgan fingerprint density at radius 1 is 1.38 bits per heavy atom. The summed E-state index contributed by atoms with van der Waals surface area (Å²) in [5, 5.41) is 6.75. The Kier molecular flexibility index (Phi) is 4.45. The van der Waals surface area contributed by atoms with Gasteiger partial charge in [0.2, 0.25) is 5.91 Å². The van der Waals surface area contributed by atoms with E-state index in [0.29, 0.717) is 22.9 Å². The van der Waals surface area contributed by atoms with E-state index >= 15 is 0 Å². The Balaban J connectivity index is 1.53. The van der Waals surface area contributed by atoms with Gasteiger partial charge in [-0.25, -0.2) is 4.39 Å². The number of hydrogen-bond donors (Lipinski definition) is 2. The molecule has 0 aromatic heterocycles. The van der Waals surface area contributed by atoms with Crippen molar-refractivity contribution in [2.45, 2.75) is 25.2 Å². The van der Waals surface area contributed by atoms with Crippen molar-refractivity contribution in [2.75, 3.05) is 19.6 Å². The van der Waals surface area contributed by atoms with Crippen LogP contribution < -0.4 is 10.6 Å². The third kappa shape index (κ3) is 3.38. The zero-order chi connectivity index (χ0) is 14.8. The molecule has 2 aliphatic rings. The molecular formula is C16H20ClFN2O. The van der Waals surface area contributed by atoms with Gasteiger partial charge in [0.15, 0.2) is 0 Å². The van der Waals surface area contributed by atoms with Gasteiger partial charge in [-0.05, 0) is 50.4 Å². The summed E-state index contributed by atoms with van der Waals surface area (Å²) in [6, 6.07) is 4.68. The van der Waals surface area contributed by atoms with Crippen LogP contribution in [0.2, 0.25) is 5.02 Å². The number of nitrogens with one attached hydrogen (secondary N) is 2. The van der Waals surface area contributed by atoms with Crippen LogP contribution in [0.25, 0.3) is 0 Å². The lowest BCUT2D eigenvalue weighted by Gasteiger charge is -2.22. The summed E-state index contributed by atoms with van der Waals surface area (Å²) >= 11 is 6.05. The number of carbonyl (C=O) groups excluding carboxylic acids is 1. The molecule has 1 saturated carbocycles. The summed E-state index contributed by atoms with van der Waals surface area (Å²) in [5.74, 6) is 0.108. The molecule has 21 heavy (non-hydrogen) atoms. The van der Waals surface area contributed by atoms with Gasteiger partial charge in [-0.3, -0.25) is 4.79 Å². The molecule has 1 heterocycles. The lowest BCUT2D eigenvalue weighted by Crippen LogP contribution is -2.36. The standard InChI is InChI=1S/C16H20ClFN2O/c17-13-2-1-3-14(18)15(13)11-8-12(11)16(21)20-9-10-4-6-19-7-5-10/h1-3,10-12,19H,4-9H2,(H,20,21). The lowest BCUT2D eigenvalue weighted by atomic mass is 9.98. The second kappa shape index (κ2) is 6.32. The maximum Gasteiger partial charge on any atom is 0.223 e. The van der Waals surface area contributed by atoms with Crippen LogP contribution in [0.3, 0.4) is 0 Å². The molecule has 2 fully saturated rings. The first-order valence-corrected chi connectivity index (χ1v) is 7.97. The van der Waals surface area contributed by atoms with Gasteiger partial charge in [-0.15, -0.1) is 0 Å². The Hall–Kier alpha value is -1.13. The fourth-order valence-corrected chi connectivity index (χ4v) is 3.43. The topological polar surface area (TPSA) is 41.1 Å². The molecule has 2 unspecified atom stereocenters. The van der Waals surface area contributed by atoms with Gasteiger partial charge < -0.3 is 10.6 Å². The summed E-state index contributed by atoms with van der Waals surface area (Å²) in [6.07, 6.45) is 2.90. The minimum Gasteiger partial charge on any atom is -0.356 e. The van der Waals surface area contributed by atoms with Gasteiger partial charge >= 0.3 is 0 Å². The number of carbonyl (C=O) groups is 1. The number of hydrogen-bond acceptors (Lipinski definition) is 2. The molecular weight excluding hydrogens is 291 g/mol. The predicted molar refractivity (Wildman–Crippen MR) is 80.9 cm³/mol. The quantitative estimate of drug-likeness (QED) is 0.898. The van der Waals surface area contributed by atoms with Crippen molar-refractivity contribution < 1.29 is 9.18 Å². The molecule has 1 aromatic rings. The average molecular weight is 311 g/mol. The van der Waals surface area contributed by atoms with E-state index in [2.05, 4.69) is 10.6 Å². The first kappa shape index (κ1) is 14.8. The first-order valence-electron chi connectivity index (χ1n) is 7.59. The third-order valence-corrected chi connectivity index (χ3v) is 4.85. The smallest absolute Gasteiger partial charge is 0.223 e. The minimum absolute atomic E-state index is 0.0397. The number of piperidine rings is 1. The molecule has 2 N–H and O–H groups in total. The SMILES string of the molecule is O=C(NCC1CCNCC1)C1CC1c1c(F)cccc1Cl. The highest BCUT2D eigenvalue weighted by atomic mass is 35.5. The minimum atomic E-state index is -0.304. The molecule has 2 atom stereocenters. The maximum absolute atomic E-state index is 13.8. The summed E-state index contributed by atoms with van der Waals surface area (Å²) in [4.78, 5) is 12.2. The van der Waals surface area contributed by atoms with Crippen LogP contribution >= 0.6 is 11.6 Å². The number of rotatable bonds is 4. The third-order valence-electron chi connectivity index (χ3n) is 4.52. The Morgan fingerprint density at radius 2 is 2.14 bits per heavy atom. The molecule has 5 heteroatoms. The van der Waals surface area contributed by atoms with Crippen LogP contribution in [-0.4, -0.2) is 25.5 Å². The van der Waals surface area contributed by atoms with Crippen molar-refractivity contribution in [3.05, 3.63) is 34.6 Å². The Labute approximate surface area is 129 Å². The van der Waals surface area contributed by atoms with Gasteiger partial charge in [-0.1, -0.05) is 17.7 Å². The molecule has 1 amide bonds. The van der Waals surface area contributed by atoms with Crippen molar-refractivity contribution in [2.24, 2.45) is 11.8 Å². The van der Waals surface area contributed by atoms with E-state index < -0.39 is 0 Å². The van der Waals surface area contributed by atoms with Crippen molar-refractivity contribution in [3.63, 3.8) is 0 Å². The molecule has 1 saturated heterocycles. The molecule has 114 valence electrons. The average Bonchev–Trinajstić information content (AvgIpc) is 3.26. The van der Waals surface area contributed by atoms with Gasteiger partial charge in [0, 0.05) is 29.0 Å². The Bertz CT molecular complexity index is 511. The summed E-state index contributed by atoms with van der Waals surface area (Å²) < 4.78 is 13.8. The molecule has 1 aromatic carbocycles. The normalized spacial score (nSPS) is 25.6. The van der Waals surface area contributed by atoms with Crippen LogP contribution in [0.15, 0.2) is 18.2 Å². The zero-order valence-corrected chi connectivity index (χ0v) is 12.6. The van der Waals surface area contributed by atoms with E-state index in [4.69, 9.17) is 11.6 Å². The first-order chi connectivity index (χ1) is 10.2. The van der Waals surface area contributed by atoms with Gasteiger partial charge in [0.1, 0.15) is 5.82 Å². The van der Waals surface area contributed by atoms with E-state index in [9.17, 15) is 9.18 Å². The fourth-order valence-electron chi connectivity index (χ4n) is 3.13. The van der Waals surface area contributed by atoms with Crippen LogP contribution in [0.1, 0.15) is 30.7 Å². The molecule has 3 rings (SSSR count). The van der Waals surface area contributed by atoms with Gasteiger partial charge in [0.25, 0.3) is 0 Å². The van der Waals surface area contributed by atoms with Crippen LogP contribution in [-0.2, 0) is 4.79 Å². The predicted octanol–water partition coefficient (Wildman–Crippen LogP) is 2.70. The van der Waals surface area contributed by atoms with Gasteiger partial charge in [0.05, 0.1) is 0 Å². The van der Waals surface area contributed by atoms with Crippen LogP contribution in [0.5, 0.6) is 0 Å². The highest BCUT2D eigenvalue weighted by Crippen LogP contribution is 2.50. The van der Waals surface area contributed by atoms with E-state index in [1.165, 1.54) is 6.07 Å². The van der Waals surface area contributed by atoms with E-state index in [0.717, 1.165) is 32.5 Å². The molecule has 0 radical (unpaired) electrons. The fraction of sp³-hybridized carbons (Fsp3) is 0.562. The maximum atomic E-state index is 13.8. The largest absolute Gasteiger partial charge is 0.356 e. The Morgan fingerprint density at radius 3 is 2.86 bits per heavy atom. The summed E-state index contributed by atoms with van der Waals surface area (Å²) in [6.45, 7) is 2.78. The second-order valence-corrected chi connectivity index (χ2v) is 6.43. The van der Waals surface area contributed by atoms with Crippen LogP contribution in [0, 0.1) is 17.7 Å². The number of amides is 1. The van der Waals surface area contributed by atoms with Crippen molar-refractivity contribution in [1.29, 1.82) is 0 Å². The number of benzene rings is 1. The zero-order valence-electron chi connectivity index (χ0n) is 11.9. The van der Waals surface area contributed by atoms with Crippen LogP contribution in [0.4, 0.5) is 4.39 Å². The van der Waals surface area contributed by atoms with E-state index in [1.54, 1.807) is 12.1 Å². The van der Waals surface area contributed by atoms with E-state index in [1.807, 2.05) is 0 Å². The molecule has 1 aliphatic heterocycles. The molecule has 0 spiro atoms. The highest BCUT2D eigenvalue weighted by molar-refractivity contribution is 6.31. The molecule has 1 aliphatic carbocycles. The van der Waals surface area contributed by atoms with Crippen molar-refractivity contribution in [3.8, 4) is 0 Å².